The Balaban J connectivity index is 4.12. The van der Waals surface area contributed by atoms with Gasteiger partial charge in [0.2, 0.25) is 0 Å². The second-order valence-electron chi connectivity index (χ2n) is 2.71. The Kier molecular flexibility index (Phi) is 3.57. The van der Waals surface area contributed by atoms with Gasteiger partial charge in [-0.25, -0.2) is 4.79 Å². The van der Waals surface area contributed by atoms with Crippen LogP contribution in [0.5, 0.6) is 0 Å². The molecule has 1 amide bonds. The first-order valence-corrected chi connectivity index (χ1v) is 3.41. The number of primary amides is 1. The van der Waals surface area contributed by atoms with Gasteiger partial charge in [-0.05, 0) is 12.8 Å². The first kappa shape index (κ1) is 9.94. The molecule has 4 nitrogen and oxygen atoms in total. The lowest BCUT2D eigenvalue weighted by Gasteiger charge is -2.16. The van der Waals surface area contributed by atoms with Crippen LogP contribution >= 0.6 is 0 Å². The largest absolute Gasteiger partial charge is 0.438 e. The molecule has 0 aliphatic carbocycles. The van der Waals surface area contributed by atoms with E-state index in [1.807, 2.05) is 0 Å². The lowest BCUT2D eigenvalue weighted by molar-refractivity contribution is -0.127. The van der Waals surface area contributed by atoms with Crippen molar-refractivity contribution in [1.29, 1.82) is 0 Å². The molecule has 0 aliphatic rings. The fraction of sp³-hybridized carbons (Fsp3) is 0.714. The van der Waals surface area contributed by atoms with Gasteiger partial charge in [0, 0.05) is 0 Å². The Morgan fingerprint density at radius 2 is 1.82 bits per heavy atom. The van der Waals surface area contributed by atoms with Crippen molar-refractivity contribution in [3.05, 3.63) is 0 Å². The number of nitrogens with two attached hydrogens (primary N) is 1. The molecule has 0 aromatic heterocycles. The van der Waals surface area contributed by atoms with Gasteiger partial charge in [-0.3, -0.25) is 4.79 Å². The second kappa shape index (κ2) is 3.95. The van der Waals surface area contributed by atoms with Crippen LogP contribution in [0.1, 0.15) is 20.8 Å². The first-order chi connectivity index (χ1) is 4.95. The summed E-state index contributed by atoms with van der Waals surface area (Å²) < 4.78 is 4.56. The van der Waals surface area contributed by atoms with Crippen LogP contribution in [0.3, 0.4) is 0 Å². The predicted octanol–water partition coefficient (Wildman–Crippen LogP) is 0.695. The van der Waals surface area contributed by atoms with Crippen molar-refractivity contribution in [1.82, 2.24) is 0 Å². The summed E-state index contributed by atoms with van der Waals surface area (Å²) in [6.07, 6.45) is -1.61. The maximum absolute atomic E-state index is 10.8. The van der Waals surface area contributed by atoms with Crippen molar-refractivity contribution in [2.24, 2.45) is 11.7 Å². The van der Waals surface area contributed by atoms with E-state index in [1.165, 1.54) is 6.92 Å². The van der Waals surface area contributed by atoms with Gasteiger partial charge in [0.05, 0.1) is 0 Å². The number of rotatable bonds is 3. The van der Waals surface area contributed by atoms with Gasteiger partial charge >= 0.3 is 6.09 Å². The lowest BCUT2D eigenvalue weighted by atomic mass is 10.0. The van der Waals surface area contributed by atoms with Gasteiger partial charge in [-0.2, -0.15) is 0 Å². The number of ketones is 1. The minimum atomic E-state index is -0.904. The number of carbonyl (C=O) groups excluding carboxylic acids is 2. The molecule has 0 rings (SSSR count). The molecule has 4 heteroatoms. The molecule has 0 aromatic rings. The van der Waals surface area contributed by atoms with E-state index in [2.05, 4.69) is 4.74 Å². The third-order valence-electron chi connectivity index (χ3n) is 1.25. The van der Waals surface area contributed by atoms with Crippen molar-refractivity contribution in [2.75, 3.05) is 0 Å². The molecule has 0 aliphatic heterocycles. The van der Waals surface area contributed by atoms with Gasteiger partial charge in [0.15, 0.2) is 11.9 Å². The molecule has 1 unspecified atom stereocenters. The summed E-state index contributed by atoms with van der Waals surface area (Å²) in [5, 5.41) is 0. The Labute approximate surface area is 65.7 Å². The molecule has 0 bridgehead atoms. The van der Waals surface area contributed by atoms with Crippen LogP contribution in [0.15, 0.2) is 0 Å². The van der Waals surface area contributed by atoms with E-state index < -0.39 is 12.2 Å². The molecular weight excluding hydrogens is 146 g/mol. The zero-order valence-corrected chi connectivity index (χ0v) is 6.96. The van der Waals surface area contributed by atoms with Crippen LogP contribution in [-0.2, 0) is 9.53 Å². The van der Waals surface area contributed by atoms with E-state index in [-0.39, 0.29) is 11.7 Å². The molecule has 2 N–H and O–H groups in total. The van der Waals surface area contributed by atoms with Crippen LogP contribution in [0.2, 0.25) is 0 Å². The number of amides is 1. The zero-order chi connectivity index (χ0) is 9.02. The minimum Gasteiger partial charge on any atom is -0.438 e. The fourth-order valence-electron chi connectivity index (χ4n) is 0.814. The molecule has 0 fully saturated rings. The van der Waals surface area contributed by atoms with Crippen LogP contribution in [0.25, 0.3) is 0 Å². The summed E-state index contributed by atoms with van der Waals surface area (Å²) >= 11 is 0. The second-order valence-corrected chi connectivity index (χ2v) is 2.71. The number of ether oxygens (including phenoxy) is 1. The highest BCUT2D eigenvalue weighted by Crippen LogP contribution is 2.06. The summed E-state index contributed by atoms with van der Waals surface area (Å²) in [5.41, 5.74) is 4.76. The fourth-order valence-corrected chi connectivity index (χ4v) is 0.814. The molecular formula is C7H13NO3. The highest BCUT2D eigenvalue weighted by Gasteiger charge is 2.21. The molecule has 0 aromatic carbocycles. The van der Waals surface area contributed by atoms with Crippen molar-refractivity contribution in [3.8, 4) is 0 Å². The highest BCUT2D eigenvalue weighted by molar-refractivity contribution is 5.83. The van der Waals surface area contributed by atoms with Gasteiger partial charge in [-0.1, -0.05) is 13.8 Å². The van der Waals surface area contributed by atoms with Gasteiger partial charge < -0.3 is 10.5 Å². The summed E-state index contributed by atoms with van der Waals surface area (Å²) in [4.78, 5) is 21.1. The Hall–Kier alpha value is -1.06. The highest BCUT2D eigenvalue weighted by atomic mass is 16.6. The average molecular weight is 159 g/mol. The van der Waals surface area contributed by atoms with Crippen LogP contribution in [0, 0.1) is 5.92 Å². The van der Waals surface area contributed by atoms with Gasteiger partial charge in [0.25, 0.3) is 0 Å². The van der Waals surface area contributed by atoms with Crippen LogP contribution < -0.4 is 5.73 Å². The summed E-state index contributed by atoms with van der Waals surface area (Å²) in [7, 11) is 0. The Morgan fingerprint density at radius 1 is 1.36 bits per heavy atom. The quantitative estimate of drug-likeness (QED) is 0.658. The van der Waals surface area contributed by atoms with Crippen molar-refractivity contribution < 1.29 is 14.3 Å². The van der Waals surface area contributed by atoms with Crippen molar-refractivity contribution >= 4 is 11.9 Å². The smallest absolute Gasteiger partial charge is 0.405 e. The lowest BCUT2D eigenvalue weighted by Crippen LogP contribution is -2.32. The van der Waals surface area contributed by atoms with E-state index in [1.54, 1.807) is 13.8 Å². The molecule has 0 saturated carbocycles. The molecule has 0 radical (unpaired) electrons. The summed E-state index contributed by atoms with van der Waals surface area (Å²) in [6, 6.07) is 0. The number of hydrogen-bond acceptors (Lipinski definition) is 3. The maximum Gasteiger partial charge on any atom is 0.405 e. The monoisotopic (exact) mass is 159 g/mol. The normalized spacial score (nSPS) is 12.7. The minimum absolute atomic E-state index is 0.0278. The number of Topliss-reactive ketones (excluding diaryl/α,β-unsaturated/α-hetero) is 1. The molecule has 0 heterocycles. The van der Waals surface area contributed by atoms with Crippen molar-refractivity contribution in [2.45, 2.75) is 26.9 Å². The van der Waals surface area contributed by atoms with Gasteiger partial charge in [0.1, 0.15) is 0 Å². The van der Waals surface area contributed by atoms with E-state index in [0.717, 1.165) is 0 Å². The zero-order valence-electron chi connectivity index (χ0n) is 6.96. The van der Waals surface area contributed by atoms with E-state index in [9.17, 15) is 9.59 Å². The topological polar surface area (TPSA) is 69.4 Å². The number of hydrogen-bond donors (Lipinski definition) is 1. The van der Waals surface area contributed by atoms with E-state index in [4.69, 9.17) is 5.73 Å². The average Bonchev–Trinajstić information content (AvgIpc) is 1.81. The standard InChI is InChI=1S/C7H13NO3/c1-4(2)6(5(3)9)11-7(8)10/h4,6H,1-3H3,(H2,8,10). The Bertz CT molecular complexity index is 165. The van der Waals surface area contributed by atoms with E-state index in [0.29, 0.717) is 0 Å². The third-order valence-corrected chi connectivity index (χ3v) is 1.25. The van der Waals surface area contributed by atoms with Crippen LogP contribution in [-0.4, -0.2) is 18.0 Å². The first-order valence-electron chi connectivity index (χ1n) is 3.41. The molecule has 0 saturated heterocycles. The van der Waals surface area contributed by atoms with Crippen molar-refractivity contribution in [3.63, 3.8) is 0 Å². The van der Waals surface area contributed by atoms with Gasteiger partial charge in [-0.15, -0.1) is 0 Å². The molecule has 0 spiro atoms. The molecule has 1 atom stereocenters. The molecule has 11 heavy (non-hydrogen) atoms. The molecule has 64 valence electrons. The van der Waals surface area contributed by atoms with E-state index >= 15 is 0 Å². The summed E-state index contributed by atoms with van der Waals surface area (Å²) in [6.45, 7) is 4.94. The third kappa shape index (κ3) is 3.60. The maximum atomic E-state index is 10.8. The predicted molar refractivity (Wildman–Crippen MR) is 40.0 cm³/mol. The summed E-state index contributed by atoms with van der Waals surface area (Å²) in [5.74, 6) is -0.209. The number of carbonyl (C=O) groups is 2. The Morgan fingerprint density at radius 3 is 1.91 bits per heavy atom. The van der Waals surface area contributed by atoms with Crippen LogP contribution in [0.4, 0.5) is 4.79 Å². The SMILES string of the molecule is CC(=O)C(OC(N)=O)C(C)C.